The zero-order chi connectivity index (χ0) is 15.5. The average Bonchev–Trinajstić information content (AvgIpc) is 2.85. The predicted molar refractivity (Wildman–Crippen MR) is 85.4 cm³/mol. The van der Waals surface area contributed by atoms with Crippen LogP contribution in [0.4, 0.5) is 0 Å². The van der Waals surface area contributed by atoms with Crippen LogP contribution in [-0.4, -0.2) is 33.2 Å². The maximum absolute atomic E-state index is 10.6. The molecule has 2 atom stereocenters. The SMILES string of the molecule is CCOC(C)(CC)C(O)Cc1nn(CC)c2ccccc12. The Hall–Kier alpha value is -1.39. The first-order valence-electron chi connectivity index (χ1n) is 7.82. The monoisotopic (exact) mass is 290 g/mol. The number of aliphatic hydroxyl groups is 1. The second-order valence-corrected chi connectivity index (χ2v) is 5.60. The Morgan fingerprint density at radius 3 is 2.62 bits per heavy atom. The molecule has 0 spiro atoms. The summed E-state index contributed by atoms with van der Waals surface area (Å²) >= 11 is 0. The van der Waals surface area contributed by atoms with Gasteiger partial charge in [-0.1, -0.05) is 25.1 Å². The van der Waals surface area contributed by atoms with Gasteiger partial charge >= 0.3 is 0 Å². The smallest absolute Gasteiger partial charge is 0.0913 e. The molecule has 1 aromatic carbocycles. The number of aliphatic hydroxyl groups excluding tert-OH is 1. The number of hydrogen-bond donors (Lipinski definition) is 1. The average molecular weight is 290 g/mol. The lowest BCUT2D eigenvalue weighted by Gasteiger charge is -2.33. The Morgan fingerprint density at radius 1 is 1.29 bits per heavy atom. The Kier molecular flexibility index (Phi) is 5.01. The van der Waals surface area contributed by atoms with Crippen molar-refractivity contribution in [1.82, 2.24) is 9.78 Å². The van der Waals surface area contributed by atoms with E-state index in [1.807, 2.05) is 37.6 Å². The summed E-state index contributed by atoms with van der Waals surface area (Å²) < 4.78 is 7.76. The van der Waals surface area contributed by atoms with Crippen LogP contribution in [0.5, 0.6) is 0 Å². The highest BCUT2D eigenvalue weighted by Crippen LogP contribution is 2.26. The number of fused-ring (bicyclic) bond motifs is 1. The summed E-state index contributed by atoms with van der Waals surface area (Å²) in [6.07, 6.45) is 0.720. The minimum Gasteiger partial charge on any atom is -0.390 e. The van der Waals surface area contributed by atoms with Crippen LogP contribution in [0.1, 0.15) is 39.8 Å². The number of nitrogens with zero attached hydrogens (tertiary/aromatic N) is 2. The van der Waals surface area contributed by atoms with Crippen LogP contribution < -0.4 is 0 Å². The molecule has 2 unspecified atom stereocenters. The summed E-state index contributed by atoms with van der Waals surface area (Å²) in [5.74, 6) is 0. The molecule has 0 amide bonds. The number of aryl methyl sites for hydroxylation is 1. The Bertz CT molecular complexity index is 593. The second-order valence-electron chi connectivity index (χ2n) is 5.60. The first-order valence-corrected chi connectivity index (χ1v) is 7.82. The Labute approximate surface area is 126 Å². The molecule has 116 valence electrons. The summed E-state index contributed by atoms with van der Waals surface area (Å²) in [5.41, 5.74) is 1.54. The molecule has 2 rings (SSSR count). The molecular weight excluding hydrogens is 264 g/mol. The first-order chi connectivity index (χ1) is 10.1. The van der Waals surface area contributed by atoms with Crippen LogP contribution in [0.3, 0.4) is 0 Å². The van der Waals surface area contributed by atoms with Crippen LogP contribution in [0, 0.1) is 0 Å². The quantitative estimate of drug-likeness (QED) is 0.852. The molecule has 2 aromatic rings. The summed E-state index contributed by atoms with van der Waals surface area (Å²) in [6.45, 7) is 9.48. The third-order valence-corrected chi connectivity index (χ3v) is 4.30. The zero-order valence-electron chi connectivity index (χ0n) is 13.5. The Morgan fingerprint density at radius 2 is 2.00 bits per heavy atom. The summed E-state index contributed by atoms with van der Waals surface area (Å²) in [5, 5.41) is 16.4. The van der Waals surface area contributed by atoms with E-state index in [4.69, 9.17) is 4.74 Å². The lowest BCUT2D eigenvalue weighted by molar-refractivity contribution is -0.110. The van der Waals surface area contributed by atoms with E-state index in [1.165, 1.54) is 0 Å². The van der Waals surface area contributed by atoms with Crippen LogP contribution in [0.25, 0.3) is 10.9 Å². The number of para-hydroxylation sites is 1. The van der Waals surface area contributed by atoms with Crippen molar-refractivity contribution >= 4 is 10.9 Å². The van der Waals surface area contributed by atoms with Crippen molar-refractivity contribution in [2.24, 2.45) is 0 Å². The molecular formula is C17H26N2O2. The molecule has 0 bridgehead atoms. The van der Waals surface area contributed by atoms with Crippen molar-refractivity contribution in [3.05, 3.63) is 30.0 Å². The number of rotatable bonds is 7. The van der Waals surface area contributed by atoms with E-state index in [0.717, 1.165) is 29.6 Å². The molecule has 0 aliphatic rings. The molecule has 0 saturated heterocycles. The number of benzene rings is 1. The van der Waals surface area contributed by atoms with Crippen LogP contribution in [-0.2, 0) is 17.7 Å². The van der Waals surface area contributed by atoms with E-state index in [9.17, 15) is 5.11 Å². The predicted octanol–water partition coefficient (Wildman–Crippen LogP) is 3.16. The minimum atomic E-state index is -0.564. The lowest BCUT2D eigenvalue weighted by Crippen LogP contribution is -2.43. The van der Waals surface area contributed by atoms with E-state index in [0.29, 0.717) is 13.0 Å². The van der Waals surface area contributed by atoms with Crippen LogP contribution >= 0.6 is 0 Å². The van der Waals surface area contributed by atoms with Crippen LogP contribution in [0.2, 0.25) is 0 Å². The molecule has 4 heteroatoms. The molecule has 0 aliphatic carbocycles. The molecule has 4 nitrogen and oxygen atoms in total. The van der Waals surface area contributed by atoms with Gasteiger partial charge in [0.2, 0.25) is 0 Å². The van der Waals surface area contributed by atoms with Crippen molar-refractivity contribution in [1.29, 1.82) is 0 Å². The summed E-state index contributed by atoms with van der Waals surface area (Å²) in [4.78, 5) is 0. The Balaban J connectivity index is 2.31. The fourth-order valence-corrected chi connectivity index (χ4v) is 2.75. The fraction of sp³-hybridized carbons (Fsp3) is 0.588. The van der Waals surface area contributed by atoms with E-state index in [1.54, 1.807) is 0 Å². The van der Waals surface area contributed by atoms with E-state index in [-0.39, 0.29) is 0 Å². The van der Waals surface area contributed by atoms with E-state index in [2.05, 4.69) is 24.2 Å². The van der Waals surface area contributed by atoms with E-state index >= 15 is 0 Å². The van der Waals surface area contributed by atoms with Gasteiger partial charge in [0.15, 0.2) is 0 Å². The molecule has 1 aromatic heterocycles. The summed E-state index contributed by atoms with van der Waals surface area (Å²) in [6, 6.07) is 8.18. The van der Waals surface area contributed by atoms with Gasteiger partial charge in [-0.15, -0.1) is 0 Å². The fourth-order valence-electron chi connectivity index (χ4n) is 2.75. The second kappa shape index (κ2) is 6.58. The van der Waals surface area contributed by atoms with Crippen molar-refractivity contribution in [3.8, 4) is 0 Å². The van der Waals surface area contributed by atoms with Gasteiger partial charge in [0, 0.05) is 25.0 Å². The standard InChI is InChI=1S/C17H26N2O2/c1-5-17(4,21-7-3)16(20)12-14-13-10-8-9-11-15(13)19(6-2)18-14/h8-11,16,20H,5-7,12H2,1-4H3. The third kappa shape index (κ3) is 3.11. The van der Waals surface area contributed by atoms with Gasteiger partial charge < -0.3 is 9.84 Å². The normalized spacial score (nSPS) is 16.0. The number of hydrogen-bond acceptors (Lipinski definition) is 3. The van der Waals surface area contributed by atoms with Crippen molar-refractivity contribution in [2.75, 3.05) is 6.61 Å². The molecule has 0 radical (unpaired) electrons. The van der Waals surface area contributed by atoms with Crippen molar-refractivity contribution in [3.63, 3.8) is 0 Å². The number of aromatic nitrogens is 2. The van der Waals surface area contributed by atoms with Crippen molar-refractivity contribution < 1.29 is 9.84 Å². The zero-order valence-corrected chi connectivity index (χ0v) is 13.5. The third-order valence-electron chi connectivity index (χ3n) is 4.30. The molecule has 21 heavy (non-hydrogen) atoms. The topological polar surface area (TPSA) is 47.3 Å². The first kappa shape index (κ1) is 16.0. The van der Waals surface area contributed by atoms with Gasteiger partial charge in [-0.05, 0) is 33.3 Å². The van der Waals surface area contributed by atoms with E-state index < -0.39 is 11.7 Å². The maximum Gasteiger partial charge on any atom is 0.0913 e. The molecule has 1 heterocycles. The highest BCUT2D eigenvalue weighted by atomic mass is 16.5. The van der Waals surface area contributed by atoms with Gasteiger partial charge in [-0.25, -0.2) is 0 Å². The molecule has 0 saturated carbocycles. The number of ether oxygens (including phenoxy) is 1. The highest BCUT2D eigenvalue weighted by molar-refractivity contribution is 5.82. The largest absolute Gasteiger partial charge is 0.390 e. The summed E-state index contributed by atoms with van der Waals surface area (Å²) in [7, 11) is 0. The van der Waals surface area contributed by atoms with Gasteiger partial charge in [-0.3, -0.25) is 4.68 Å². The maximum atomic E-state index is 10.6. The minimum absolute atomic E-state index is 0.512. The molecule has 0 fully saturated rings. The van der Waals surface area contributed by atoms with Gasteiger partial charge in [-0.2, -0.15) is 5.10 Å². The van der Waals surface area contributed by atoms with Gasteiger partial charge in [0.05, 0.1) is 22.9 Å². The lowest BCUT2D eigenvalue weighted by atomic mass is 9.91. The highest BCUT2D eigenvalue weighted by Gasteiger charge is 2.33. The van der Waals surface area contributed by atoms with Crippen molar-refractivity contribution in [2.45, 2.75) is 58.8 Å². The van der Waals surface area contributed by atoms with Crippen LogP contribution in [0.15, 0.2) is 24.3 Å². The molecule has 0 aliphatic heterocycles. The molecule has 1 N–H and O–H groups in total. The van der Waals surface area contributed by atoms with Gasteiger partial charge in [0.1, 0.15) is 0 Å². The van der Waals surface area contributed by atoms with Gasteiger partial charge in [0.25, 0.3) is 0 Å².